The van der Waals surface area contributed by atoms with E-state index in [2.05, 4.69) is 9.97 Å². The molecule has 7 heteroatoms. The highest BCUT2D eigenvalue weighted by molar-refractivity contribution is 7.18. The summed E-state index contributed by atoms with van der Waals surface area (Å²) in [6.07, 6.45) is 3.19. The van der Waals surface area contributed by atoms with Crippen LogP contribution in [0, 0.1) is 0 Å². The number of amides is 1. The molecule has 118 valence electrons. The van der Waals surface area contributed by atoms with Gasteiger partial charge in [0, 0.05) is 19.0 Å². The largest absolute Gasteiger partial charge is 0.344 e. The van der Waals surface area contributed by atoms with Crippen molar-refractivity contribution in [3.05, 3.63) is 26.6 Å². The lowest BCUT2D eigenvalue weighted by molar-refractivity contribution is -0.886. The Morgan fingerprint density at radius 3 is 2.91 bits per heavy atom. The number of thiophene rings is 1. The van der Waals surface area contributed by atoms with Gasteiger partial charge in [-0.25, -0.2) is 4.98 Å². The van der Waals surface area contributed by atoms with Gasteiger partial charge in [-0.3, -0.25) is 9.59 Å². The molecule has 0 aromatic carbocycles. The van der Waals surface area contributed by atoms with Crippen LogP contribution in [0.3, 0.4) is 0 Å². The number of fused-ring (bicyclic) bond motifs is 3. The number of H-pyrrole nitrogens is 1. The summed E-state index contributed by atoms with van der Waals surface area (Å²) in [6, 6.07) is 0. The SMILES string of the molecule is CN(C)C(=O)C[NH+](C)Cc1nc2sc3c(c2c(=O)[nH]1)CCC3. The van der Waals surface area contributed by atoms with E-state index in [1.165, 1.54) is 10.4 Å². The molecule has 6 nitrogen and oxygen atoms in total. The molecule has 0 saturated carbocycles. The number of nitrogens with zero attached hydrogens (tertiary/aromatic N) is 2. The van der Waals surface area contributed by atoms with Crippen molar-refractivity contribution in [3.63, 3.8) is 0 Å². The molecule has 1 unspecified atom stereocenters. The van der Waals surface area contributed by atoms with Gasteiger partial charge < -0.3 is 14.8 Å². The molecule has 2 aromatic rings. The number of aryl methyl sites for hydroxylation is 2. The number of hydrogen-bond acceptors (Lipinski definition) is 4. The maximum atomic E-state index is 12.4. The summed E-state index contributed by atoms with van der Waals surface area (Å²) in [4.78, 5) is 36.3. The smallest absolute Gasteiger partial charge is 0.277 e. The highest BCUT2D eigenvalue weighted by Crippen LogP contribution is 2.34. The van der Waals surface area contributed by atoms with Crippen LogP contribution in [-0.2, 0) is 24.2 Å². The zero-order valence-electron chi connectivity index (χ0n) is 13.2. The van der Waals surface area contributed by atoms with Crippen molar-refractivity contribution in [3.8, 4) is 0 Å². The number of aromatic nitrogens is 2. The maximum Gasteiger partial charge on any atom is 0.277 e. The van der Waals surface area contributed by atoms with Gasteiger partial charge in [-0.15, -0.1) is 11.3 Å². The second kappa shape index (κ2) is 5.81. The van der Waals surface area contributed by atoms with Crippen LogP contribution >= 0.6 is 11.3 Å². The average molecular weight is 321 g/mol. The average Bonchev–Trinajstić information content (AvgIpc) is 2.97. The quantitative estimate of drug-likeness (QED) is 0.803. The molecular formula is C15H21N4O2S+. The van der Waals surface area contributed by atoms with Gasteiger partial charge in [0.05, 0.1) is 12.4 Å². The minimum atomic E-state index is -0.0360. The van der Waals surface area contributed by atoms with Gasteiger partial charge >= 0.3 is 0 Å². The fraction of sp³-hybridized carbons (Fsp3) is 0.533. The van der Waals surface area contributed by atoms with E-state index < -0.39 is 0 Å². The number of carbonyl (C=O) groups is 1. The van der Waals surface area contributed by atoms with Crippen LogP contribution in [0.1, 0.15) is 22.7 Å². The van der Waals surface area contributed by atoms with Crippen LogP contribution in [-0.4, -0.2) is 48.5 Å². The second-order valence-corrected chi connectivity index (χ2v) is 7.23. The molecule has 0 bridgehead atoms. The number of nitrogens with one attached hydrogen (secondary N) is 2. The predicted molar refractivity (Wildman–Crippen MR) is 86.4 cm³/mol. The van der Waals surface area contributed by atoms with Gasteiger partial charge in [-0.1, -0.05) is 0 Å². The summed E-state index contributed by atoms with van der Waals surface area (Å²) in [5.74, 6) is 0.720. The molecule has 1 amide bonds. The molecule has 0 fully saturated rings. The van der Waals surface area contributed by atoms with Crippen molar-refractivity contribution in [2.24, 2.45) is 0 Å². The Kier molecular flexibility index (Phi) is 4.01. The first-order valence-electron chi connectivity index (χ1n) is 7.50. The van der Waals surface area contributed by atoms with Gasteiger partial charge in [-0.2, -0.15) is 0 Å². The van der Waals surface area contributed by atoms with Crippen LogP contribution in [0.15, 0.2) is 4.79 Å². The molecule has 3 rings (SSSR count). The minimum absolute atomic E-state index is 0.0360. The van der Waals surface area contributed by atoms with Crippen LogP contribution in [0.4, 0.5) is 0 Å². The highest BCUT2D eigenvalue weighted by atomic mass is 32.1. The number of hydrogen-bond donors (Lipinski definition) is 2. The number of likely N-dealkylation sites (N-methyl/N-ethyl adjacent to an activating group) is 2. The number of rotatable bonds is 4. The maximum absolute atomic E-state index is 12.4. The predicted octanol–water partition coefficient (Wildman–Crippen LogP) is -0.424. The van der Waals surface area contributed by atoms with Crippen molar-refractivity contribution < 1.29 is 9.69 Å². The number of quaternary nitrogens is 1. The molecule has 0 aliphatic heterocycles. The third kappa shape index (κ3) is 2.78. The van der Waals surface area contributed by atoms with Crippen LogP contribution < -0.4 is 10.5 Å². The first kappa shape index (κ1) is 15.2. The second-order valence-electron chi connectivity index (χ2n) is 6.15. The zero-order chi connectivity index (χ0) is 15.9. The lowest BCUT2D eigenvalue weighted by atomic mass is 10.2. The van der Waals surface area contributed by atoms with Gasteiger partial charge in [0.1, 0.15) is 11.4 Å². The molecule has 2 heterocycles. The van der Waals surface area contributed by atoms with E-state index in [0.717, 1.165) is 34.4 Å². The summed E-state index contributed by atoms with van der Waals surface area (Å²) in [6.45, 7) is 0.920. The molecule has 1 aliphatic carbocycles. The molecule has 22 heavy (non-hydrogen) atoms. The summed E-state index contributed by atoms with van der Waals surface area (Å²) >= 11 is 1.65. The van der Waals surface area contributed by atoms with Crippen LogP contribution in [0.2, 0.25) is 0 Å². The first-order chi connectivity index (χ1) is 10.5. The minimum Gasteiger partial charge on any atom is -0.344 e. The van der Waals surface area contributed by atoms with Gasteiger partial charge in [0.2, 0.25) is 0 Å². The molecule has 0 spiro atoms. The third-order valence-electron chi connectivity index (χ3n) is 4.05. The molecule has 1 atom stereocenters. The van der Waals surface area contributed by atoms with E-state index in [1.807, 2.05) is 7.05 Å². The molecule has 2 N–H and O–H groups in total. The Labute approximate surface area is 132 Å². The van der Waals surface area contributed by atoms with Gasteiger partial charge in [-0.05, 0) is 24.8 Å². The van der Waals surface area contributed by atoms with Crippen LogP contribution in [0.5, 0.6) is 0 Å². The fourth-order valence-corrected chi connectivity index (χ4v) is 4.18. The van der Waals surface area contributed by atoms with E-state index in [1.54, 1.807) is 30.3 Å². The summed E-state index contributed by atoms with van der Waals surface area (Å²) in [5.41, 5.74) is 1.16. The van der Waals surface area contributed by atoms with E-state index in [0.29, 0.717) is 18.9 Å². The molecular weight excluding hydrogens is 300 g/mol. The Morgan fingerprint density at radius 2 is 2.18 bits per heavy atom. The monoisotopic (exact) mass is 321 g/mol. The lowest BCUT2D eigenvalue weighted by Crippen LogP contribution is -3.09. The summed E-state index contributed by atoms with van der Waals surface area (Å²) in [5, 5.41) is 0.781. The normalized spacial score (nSPS) is 15.0. The summed E-state index contributed by atoms with van der Waals surface area (Å²) in [7, 11) is 5.42. The van der Waals surface area contributed by atoms with Crippen molar-refractivity contribution in [2.75, 3.05) is 27.7 Å². The lowest BCUT2D eigenvalue weighted by Gasteiger charge is -2.15. The van der Waals surface area contributed by atoms with Crippen molar-refractivity contribution in [1.82, 2.24) is 14.9 Å². The Hall–Kier alpha value is -1.73. The zero-order valence-corrected chi connectivity index (χ0v) is 14.0. The van der Waals surface area contributed by atoms with Gasteiger partial charge in [0.15, 0.2) is 12.4 Å². The van der Waals surface area contributed by atoms with E-state index in [9.17, 15) is 9.59 Å². The molecule has 2 aromatic heterocycles. The van der Waals surface area contributed by atoms with E-state index >= 15 is 0 Å². The Balaban J connectivity index is 1.84. The first-order valence-corrected chi connectivity index (χ1v) is 8.32. The number of carbonyl (C=O) groups excluding carboxylic acids is 1. The van der Waals surface area contributed by atoms with E-state index in [-0.39, 0.29) is 11.5 Å². The van der Waals surface area contributed by atoms with Gasteiger partial charge in [0.25, 0.3) is 11.5 Å². The van der Waals surface area contributed by atoms with E-state index in [4.69, 9.17) is 0 Å². The third-order valence-corrected chi connectivity index (χ3v) is 5.23. The van der Waals surface area contributed by atoms with Crippen LogP contribution in [0.25, 0.3) is 10.2 Å². The topological polar surface area (TPSA) is 70.5 Å². The molecule has 0 radical (unpaired) electrons. The highest BCUT2D eigenvalue weighted by Gasteiger charge is 2.22. The standard InChI is InChI=1S/C15H20N4O2S/c1-18(2)12(20)8-19(3)7-11-16-14(21)13-9-5-4-6-10(9)22-15(13)17-11/h4-8H2,1-3H3,(H,16,17,21)/p+1. The molecule has 1 aliphatic rings. The Bertz CT molecular complexity index is 778. The molecule has 0 saturated heterocycles. The fourth-order valence-electron chi connectivity index (χ4n) is 2.90. The Morgan fingerprint density at radius 1 is 1.41 bits per heavy atom. The van der Waals surface area contributed by atoms with Crippen molar-refractivity contribution in [2.45, 2.75) is 25.8 Å². The van der Waals surface area contributed by atoms with Crippen molar-refractivity contribution in [1.29, 1.82) is 0 Å². The van der Waals surface area contributed by atoms with Crippen molar-refractivity contribution >= 4 is 27.5 Å². The summed E-state index contributed by atoms with van der Waals surface area (Å²) < 4.78 is 0. The number of aromatic amines is 1.